The zero-order valence-corrected chi connectivity index (χ0v) is 11.2. The highest BCUT2D eigenvalue weighted by atomic mass is 15.3. The fourth-order valence-corrected chi connectivity index (χ4v) is 2.65. The van der Waals surface area contributed by atoms with Gasteiger partial charge in [-0.1, -0.05) is 20.8 Å². The van der Waals surface area contributed by atoms with Gasteiger partial charge in [0.15, 0.2) is 0 Å². The van der Waals surface area contributed by atoms with Crippen LogP contribution in [0.4, 0.5) is 0 Å². The third-order valence-corrected chi connectivity index (χ3v) is 3.40. The number of rotatable bonds is 3. The molecule has 2 N–H and O–H groups in total. The van der Waals surface area contributed by atoms with Crippen molar-refractivity contribution >= 4 is 0 Å². The largest absolute Gasteiger partial charge is 0.330 e. The van der Waals surface area contributed by atoms with Crippen molar-refractivity contribution in [2.75, 3.05) is 6.54 Å². The van der Waals surface area contributed by atoms with Crippen molar-refractivity contribution in [1.82, 2.24) is 14.8 Å². The molecule has 0 saturated carbocycles. The Morgan fingerprint density at radius 3 is 2.71 bits per heavy atom. The molecule has 0 spiro atoms. The molecule has 0 aromatic carbocycles. The maximum atomic E-state index is 5.92. The van der Waals surface area contributed by atoms with E-state index in [-0.39, 0.29) is 5.41 Å². The van der Waals surface area contributed by atoms with Gasteiger partial charge in [-0.3, -0.25) is 0 Å². The minimum atomic E-state index is 0.283. The second kappa shape index (κ2) is 4.77. The number of hydrogen-bond donors (Lipinski definition) is 1. The van der Waals surface area contributed by atoms with E-state index in [1.165, 1.54) is 12.8 Å². The van der Waals surface area contributed by atoms with E-state index in [2.05, 4.69) is 35.5 Å². The van der Waals surface area contributed by atoms with Crippen molar-refractivity contribution in [3.8, 4) is 0 Å². The summed E-state index contributed by atoms with van der Waals surface area (Å²) in [6.45, 7) is 8.49. The topological polar surface area (TPSA) is 56.7 Å². The van der Waals surface area contributed by atoms with Gasteiger partial charge in [0.05, 0.1) is 0 Å². The Morgan fingerprint density at radius 2 is 2.06 bits per heavy atom. The lowest BCUT2D eigenvalue weighted by atomic mass is 9.84. The van der Waals surface area contributed by atoms with Crippen LogP contribution < -0.4 is 5.73 Å². The van der Waals surface area contributed by atoms with E-state index >= 15 is 0 Å². The second-order valence-corrected chi connectivity index (χ2v) is 6.28. The van der Waals surface area contributed by atoms with Gasteiger partial charge in [-0.2, -0.15) is 0 Å². The SMILES string of the molecule is CC(C)(C)CC(CN)c1nnc2n1CCCC2. The summed E-state index contributed by atoms with van der Waals surface area (Å²) in [5.74, 6) is 2.60. The molecule has 0 amide bonds. The van der Waals surface area contributed by atoms with Gasteiger partial charge in [-0.25, -0.2) is 0 Å². The lowest BCUT2D eigenvalue weighted by Gasteiger charge is -2.25. The van der Waals surface area contributed by atoms with Crippen molar-refractivity contribution < 1.29 is 0 Å². The monoisotopic (exact) mass is 236 g/mol. The predicted molar refractivity (Wildman–Crippen MR) is 68.8 cm³/mol. The summed E-state index contributed by atoms with van der Waals surface area (Å²) in [6, 6.07) is 0. The molecule has 1 aromatic heterocycles. The smallest absolute Gasteiger partial charge is 0.137 e. The fourth-order valence-electron chi connectivity index (χ4n) is 2.65. The minimum absolute atomic E-state index is 0.283. The molecule has 0 bridgehead atoms. The molecule has 1 aliphatic rings. The van der Waals surface area contributed by atoms with Crippen molar-refractivity contribution in [3.05, 3.63) is 11.6 Å². The van der Waals surface area contributed by atoms with Gasteiger partial charge in [0.1, 0.15) is 11.6 Å². The Labute approximate surface area is 104 Å². The molecule has 2 heterocycles. The number of nitrogens with zero attached hydrogens (tertiary/aromatic N) is 3. The summed E-state index contributed by atoms with van der Waals surface area (Å²) < 4.78 is 2.30. The number of nitrogens with two attached hydrogens (primary N) is 1. The third-order valence-electron chi connectivity index (χ3n) is 3.40. The molecule has 96 valence electrons. The summed E-state index contributed by atoms with van der Waals surface area (Å²) in [6.07, 6.45) is 4.62. The molecule has 0 radical (unpaired) electrons. The molecule has 1 unspecified atom stereocenters. The third kappa shape index (κ3) is 2.86. The van der Waals surface area contributed by atoms with E-state index in [0.29, 0.717) is 12.5 Å². The van der Waals surface area contributed by atoms with Crippen LogP contribution in [-0.2, 0) is 13.0 Å². The van der Waals surface area contributed by atoms with E-state index in [4.69, 9.17) is 5.73 Å². The normalized spacial score (nSPS) is 17.9. The van der Waals surface area contributed by atoms with Crippen molar-refractivity contribution in [2.24, 2.45) is 11.1 Å². The van der Waals surface area contributed by atoms with E-state index in [9.17, 15) is 0 Å². The highest BCUT2D eigenvalue weighted by Gasteiger charge is 2.25. The van der Waals surface area contributed by atoms with E-state index in [0.717, 1.165) is 31.0 Å². The Morgan fingerprint density at radius 1 is 1.29 bits per heavy atom. The van der Waals surface area contributed by atoms with Gasteiger partial charge in [-0.05, 0) is 24.7 Å². The van der Waals surface area contributed by atoms with E-state index < -0.39 is 0 Å². The second-order valence-electron chi connectivity index (χ2n) is 6.28. The van der Waals surface area contributed by atoms with Crippen molar-refractivity contribution in [3.63, 3.8) is 0 Å². The average Bonchev–Trinajstić information content (AvgIpc) is 2.68. The van der Waals surface area contributed by atoms with Crippen LogP contribution in [0, 0.1) is 5.41 Å². The van der Waals surface area contributed by atoms with E-state index in [1.54, 1.807) is 0 Å². The van der Waals surface area contributed by atoms with Crippen LogP contribution in [0.15, 0.2) is 0 Å². The first-order valence-electron chi connectivity index (χ1n) is 6.63. The molecule has 1 aliphatic heterocycles. The number of aromatic nitrogens is 3. The predicted octanol–water partition coefficient (Wildman–Crippen LogP) is 2.09. The molecule has 0 fully saturated rings. The van der Waals surface area contributed by atoms with Gasteiger partial charge < -0.3 is 10.3 Å². The van der Waals surface area contributed by atoms with Crippen LogP contribution >= 0.6 is 0 Å². The van der Waals surface area contributed by atoms with Crippen LogP contribution in [0.3, 0.4) is 0 Å². The first-order chi connectivity index (χ1) is 8.01. The number of fused-ring (bicyclic) bond motifs is 1. The highest BCUT2D eigenvalue weighted by molar-refractivity contribution is 5.05. The summed E-state index contributed by atoms with van der Waals surface area (Å²) in [5, 5.41) is 8.70. The molecule has 4 heteroatoms. The maximum absolute atomic E-state index is 5.92. The molecule has 1 atom stereocenters. The Hall–Kier alpha value is -0.900. The van der Waals surface area contributed by atoms with Crippen LogP contribution in [0.25, 0.3) is 0 Å². The zero-order chi connectivity index (χ0) is 12.5. The number of aryl methyl sites for hydroxylation is 1. The summed E-state index contributed by atoms with van der Waals surface area (Å²) in [5.41, 5.74) is 6.21. The van der Waals surface area contributed by atoms with Gasteiger partial charge in [0, 0.05) is 25.4 Å². The first kappa shape index (κ1) is 12.6. The van der Waals surface area contributed by atoms with Gasteiger partial charge in [0.25, 0.3) is 0 Å². The first-order valence-corrected chi connectivity index (χ1v) is 6.63. The van der Waals surface area contributed by atoms with E-state index in [1.807, 2.05) is 0 Å². The van der Waals surface area contributed by atoms with Gasteiger partial charge in [-0.15, -0.1) is 10.2 Å². The summed E-state index contributed by atoms with van der Waals surface area (Å²) >= 11 is 0. The summed E-state index contributed by atoms with van der Waals surface area (Å²) in [4.78, 5) is 0. The Kier molecular flexibility index (Phi) is 3.52. The molecule has 4 nitrogen and oxygen atoms in total. The van der Waals surface area contributed by atoms with Crippen LogP contribution in [0.5, 0.6) is 0 Å². The van der Waals surface area contributed by atoms with Gasteiger partial charge in [0.2, 0.25) is 0 Å². The van der Waals surface area contributed by atoms with Gasteiger partial charge >= 0.3 is 0 Å². The summed E-state index contributed by atoms with van der Waals surface area (Å²) in [7, 11) is 0. The van der Waals surface area contributed by atoms with Crippen LogP contribution in [0.2, 0.25) is 0 Å². The zero-order valence-electron chi connectivity index (χ0n) is 11.2. The molecular formula is C13H24N4. The van der Waals surface area contributed by atoms with Crippen molar-refractivity contribution in [2.45, 2.75) is 58.9 Å². The quantitative estimate of drug-likeness (QED) is 0.874. The van der Waals surface area contributed by atoms with Crippen LogP contribution in [-0.4, -0.2) is 21.3 Å². The fraction of sp³-hybridized carbons (Fsp3) is 0.846. The number of hydrogen-bond acceptors (Lipinski definition) is 3. The average molecular weight is 236 g/mol. The molecular weight excluding hydrogens is 212 g/mol. The maximum Gasteiger partial charge on any atom is 0.137 e. The lowest BCUT2D eigenvalue weighted by molar-refractivity contribution is 0.328. The molecule has 2 rings (SSSR count). The van der Waals surface area contributed by atoms with Crippen LogP contribution in [0.1, 0.15) is 57.6 Å². The highest BCUT2D eigenvalue weighted by Crippen LogP contribution is 2.30. The molecule has 17 heavy (non-hydrogen) atoms. The molecule has 0 aliphatic carbocycles. The van der Waals surface area contributed by atoms with Crippen molar-refractivity contribution in [1.29, 1.82) is 0 Å². The molecule has 1 aromatic rings. The standard InChI is InChI=1S/C13H24N4/c1-13(2,3)8-10(9-14)12-16-15-11-6-4-5-7-17(11)12/h10H,4-9,14H2,1-3H3. The lowest BCUT2D eigenvalue weighted by Crippen LogP contribution is -2.24. The molecule has 0 saturated heterocycles. The Bertz CT molecular complexity index is 375. The Balaban J connectivity index is 2.22. The minimum Gasteiger partial charge on any atom is -0.330 e.